The van der Waals surface area contributed by atoms with Gasteiger partial charge in [0.25, 0.3) is 5.69 Å². The van der Waals surface area contributed by atoms with Crippen LogP contribution < -0.4 is 4.90 Å². The third kappa shape index (κ3) is 3.16. The normalized spacial score (nSPS) is 25.1. The topological polar surface area (TPSA) is 101 Å². The molecule has 33 heavy (non-hydrogen) atoms. The lowest BCUT2D eigenvalue weighted by Gasteiger charge is -2.36. The zero-order chi connectivity index (χ0) is 23.3. The summed E-state index contributed by atoms with van der Waals surface area (Å²) < 4.78 is 0. The molecular weight excluding hydrogens is 422 g/mol. The van der Waals surface area contributed by atoms with Gasteiger partial charge >= 0.3 is 0 Å². The van der Waals surface area contributed by atoms with Crippen LogP contribution in [0.3, 0.4) is 0 Å². The quantitative estimate of drug-likeness (QED) is 0.292. The fourth-order valence-corrected chi connectivity index (χ4v) is 5.36. The first kappa shape index (κ1) is 21.1. The third-order valence-electron chi connectivity index (χ3n) is 6.85. The standard InChI is InChI=1S/C25H23N3O5/c1-2-3-13-26-24(30)20-19-12-11-15-7-4-5-10-18(15)27(19)22(21(20)25(26)31)23(29)16-8-6-9-17(14-16)28(32)33/h4-12,14,19-22H,2-3,13H2,1H3/t19-,20-,21-,22+/m0/s1. The number of ketones is 1. The van der Waals surface area contributed by atoms with Crippen molar-refractivity contribution in [1.29, 1.82) is 0 Å². The molecule has 8 nitrogen and oxygen atoms in total. The van der Waals surface area contributed by atoms with E-state index in [1.165, 1.54) is 29.2 Å². The van der Waals surface area contributed by atoms with E-state index < -0.39 is 28.8 Å². The maximum Gasteiger partial charge on any atom is 0.270 e. The summed E-state index contributed by atoms with van der Waals surface area (Å²) in [7, 11) is 0. The second-order valence-electron chi connectivity index (χ2n) is 8.67. The molecule has 0 saturated carbocycles. The summed E-state index contributed by atoms with van der Waals surface area (Å²) in [6.45, 7) is 2.33. The lowest BCUT2D eigenvalue weighted by molar-refractivity contribution is -0.384. The number of fused-ring (bicyclic) bond motifs is 5. The number of anilines is 1. The van der Waals surface area contributed by atoms with Crippen molar-refractivity contribution in [2.75, 3.05) is 11.4 Å². The van der Waals surface area contributed by atoms with E-state index in [1.54, 1.807) is 0 Å². The maximum absolute atomic E-state index is 13.8. The van der Waals surface area contributed by atoms with Crippen LogP contribution in [0.1, 0.15) is 35.7 Å². The highest BCUT2D eigenvalue weighted by Gasteiger charge is 2.63. The molecule has 3 heterocycles. The summed E-state index contributed by atoms with van der Waals surface area (Å²) in [6, 6.07) is 11.8. The number of rotatable bonds is 6. The number of amides is 2. The maximum atomic E-state index is 13.8. The summed E-state index contributed by atoms with van der Waals surface area (Å²) in [4.78, 5) is 54.6. The molecular formula is C25H23N3O5. The van der Waals surface area contributed by atoms with E-state index in [4.69, 9.17) is 0 Å². The SMILES string of the molecule is CCCCN1C(=O)[C@@H]2[C@H](C1=O)[C@H](C(=O)c1cccc([N+](=O)[O-])c1)N1c3ccccc3C=C[C@@H]21. The summed E-state index contributed by atoms with van der Waals surface area (Å²) in [5, 5.41) is 11.3. The van der Waals surface area contributed by atoms with Crippen LogP contribution in [-0.2, 0) is 9.59 Å². The Balaban J connectivity index is 1.62. The molecule has 3 aliphatic heterocycles. The number of Topliss-reactive ketones (excluding diaryl/α,β-unsaturated/α-hetero) is 1. The molecule has 168 valence electrons. The van der Waals surface area contributed by atoms with Crippen molar-refractivity contribution in [3.63, 3.8) is 0 Å². The fraction of sp³-hybridized carbons (Fsp3) is 0.320. The molecule has 8 heteroatoms. The number of imide groups is 1. The Labute approximate surface area is 190 Å². The average molecular weight is 445 g/mol. The molecule has 0 radical (unpaired) electrons. The van der Waals surface area contributed by atoms with Gasteiger partial charge in [0.1, 0.15) is 6.04 Å². The van der Waals surface area contributed by atoms with Crippen LogP contribution in [-0.4, -0.2) is 46.0 Å². The zero-order valence-electron chi connectivity index (χ0n) is 18.1. The number of nitrogens with zero attached hydrogens (tertiary/aromatic N) is 3. The number of nitro benzene ring substituents is 1. The molecule has 2 saturated heterocycles. The van der Waals surface area contributed by atoms with Crippen LogP contribution in [0.4, 0.5) is 11.4 Å². The molecule has 4 atom stereocenters. The molecule has 2 aromatic carbocycles. The van der Waals surface area contributed by atoms with Crippen molar-refractivity contribution in [2.45, 2.75) is 31.8 Å². The van der Waals surface area contributed by atoms with Gasteiger partial charge in [-0.05, 0) is 18.1 Å². The summed E-state index contributed by atoms with van der Waals surface area (Å²) in [6.07, 6.45) is 5.37. The molecule has 0 aliphatic carbocycles. The number of benzene rings is 2. The first-order chi connectivity index (χ1) is 15.9. The van der Waals surface area contributed by atoms with Gasteiger partial charge in [-0.3, -0.25) is 29.4 Å². The van der Waals surface area contributed by atoms with Gasteiger partial charge in [0.2, 0.25) is 11.8 Å². The van der Waals surface area contributed by atoms with Gasteiger partial charge in [0.15, 0.2) is 5.78 Å². The Kier molecular flexibility index (Phi) is 5.08. The number of unbranched alkanes of at least 4 members (excludes halogenated alkanes) is 1. The molecule has 2 aromatic rings. The van der Waals surface area contributed by atoms with Gasteiger partial charge in [-0.2, -0.15) is 0 Å². The summed E-state index contributed by atoms with van der Waals surface area (Å²) in [5.74, 6) is -2.46. The third-order valence-corrected chi connectivity index (χ3v) is 6.85. The lowest BCUT2D eigenvalue weighted by Crippen LogP contribution is -2.48. The minimum absolute atomic E-state index is 0.160. The van der Waals surface area contributed by atoms with Crippen molar-refractivity contribution in [3.05, 3.63) is 75.8 Å². The predicted octanol–water partition coefficient (Wildman–Crippen LogP) is 3.46. The molecule has 3 aliphatic rings. The van der Waals surface area contributed by atoms with Crippen molar-refractivity contribution in [3.8, 4) is 0 Å². The van der Waals surface area contributed by atoms with Gasteiger partial charge in [-0.1, -0.05) is 55.8 Å². The number of carbonyl (C=O) groups excluding carboxylic acids is 3. The first-order valence-corrected chi connectivity index (χ1v) is 11.1. The predicted molar refractivity (Wildman–Crippen MR) is 122 cm³/mol. The Morgan fingerprint density at radius 1 is 1.06 bits per heavy atom. The Morgan fingerprint density at radius 3 is 2.58 bits per heavy atom. The van der Waals surface area contributed by atoms with Gasteiger partial charge in [-0.25, -0.2) is 0 Å². The zero-order valence-corrected chi connectivity index (χ0v) is 18.1. The van der Waals surface area contributed by atoms with Crippen LogP contribution in [0, 0.1) is 22.0 Å². The van der Waals surface area contributed by atoms with E-state index in [1.807, 2.05) is 48.2 Å². The van der Waals surface area contributed by atoms with E-state index in [-0.39, 0.29) is 28.8 Å². The molecule has 0 unspecified atom stereocenters. The van der Waals surface area contributed by atoms with Crippen molar-refractivity contribution >= 4 is 35.0 Å². The van der Waals surface area contributed by atoms with Crippen LogP contribution in [0.15, 0.2) is 54.6 Å². The Hall–Kier alpha value is -3.81. The van der Waals surface area contributed by atoms with Gasteiger partial charge in [-0.15, -0.1) is 0 Å². The van der Waals surface area contributed by atoms with Crippen LogP contribution in [0.5, 0.6) is 0 Å². The molecule has 0 spiro atoms. The van der Waals surface area contributed by atoms with E-state index >= 15 is 0 Å². The molecule has 5 rings (SSSR count). The Morgan fingerprint density at radius 2 is 1.82 bits per heavy atom. The molecule has 2 fully saturated rings. The van der Waals surface area contributed by atoms with Crippen LogP contribution in [0.2, 0.25) is 0 Å². The van der Waals surface area contributed by atoms with E-state index in [0.717, 1.165) is 17.7 Å². The lowest BCUT2D eigenvalue weighted by atomic mass is 9.86. The number of para-hydroxylation sites is 1. The van der Waals surface area contributed by atoms with Crippen LogP contribution >= 0.6 is 0 Å². The summed E-state index contributed by atoms with van der Waals surface area (Å²) >= 11 is 0. The van der Waals surface area contributed by atoms with Crippen molar-refractivity contribution in [2.24, 2.45) is 11.8 Å². The smallest absolute Gasteiger partial charge is 0.270 e. The Bertz CT molecular complexity index is 1210. The highest BCUT2D eigenvalue weighted by Crippen LogP contribution is 2.49. The van der Waals surface area contributed by atoms with E-state index in [0.29, 0.717) is 13.0 Å². The largest absolute Gasteiger partial charge is 0.352 e. The minimum atomic E-state index is -0.920. The number of nitro groups is 1. The molecule has 2 amide bonds. The molecule has 0 bridgehead atoms. The second kappa shape index (κ2) is 7.95. The highest BCUT2D eigenvalue weighted by molar-refractivity contribution is 6.14. The second-order valence-corrected chi connectivity index (χ2v) is 8.67. The van der Waals surface area contributed by atoms with Gasteiger partial charge in [0.05, 0.1) is 22.8 Å². The summed E-state index contributed by atoms with van der Waals surface area (Å²) in [5.41, 5.74) is 1.65. The van der Waals surface area contributed by atoms with Crippen LogP contribution in [0.25, 0.3) is 6.08 Å². The monoisotopic (exact) mass is 445 g/mol. The number of hydrogen-bond acceptors (Lipinski definition) is 6. The van der Waals surface area contributed by atoms with Gasteiger partial charge < -0.3 is 4.90 Å². The van der Waals surface area contributed by atoms with Gasteiger partial charge in [0, 0.05) is 29.9 Å². The average Bonchev–Trinajstić information content (AvgIpc) is 3.30. The van der Waals surface area contributed by atoms with Crippen molar-refractivity contribution < 1.29 is 19.3 Å². The number of carbonyl (C=O) groups is 3. The van der Waals surface area contributed by atoms with E-state index in [9.17, 15) is 24.5 Å². The molecule has 0 aromatic heterocycles. The van der Waals surface area contributed by atoms with Crippen molar-refractivity contribution in [1.82, 2.24) is 4.90 Å². The number of hydrogen-bond donors (Lipinski definition) is 0. The number of likely N-dealkylation sites (tertiary alicyclic amines) is 1. The molecule has 0 N–H and O–H groups in total. The minimum Gasteiger partial charge on any atom is -0.352 e. The first-order valence-electron chi connectivity index (χ1n) is 11.1. The fourth-order valence-electron chi connectivity index (χ4n) is 5.36. The highest BCUT2D eigenvalue weighted by atomic mass is 16.6. The van der Waals surface area contributed by atoms with E-state index in [2.05, 4.69) is 0 Å². The number of non-ortho nitro benzene ring substituents is 1.